The topological polar surface area (TPSA) is 69.4 Å². The third kappa shape index (κ3) is 3.53. The van der Waals surface area contributed by atoms with Gasteiger partial charge in [-0.3, -0.25) is 4.79 Å². The standard InChI is InChI=1S/C14H20N4O2S/c1-5-6-7-11-9(2)15-13-16-14(17-18(13)10(11)3)21-8-12(19)20-4/h5-8H2,1-4H3. The predicted molar refractivity (Wildman–Crippen MR) is 81.6 cm³/mol. The van der Waals surface area contributed by atoms with E-state index in [1.165, 1.54) is 24.4 Å². The van der Waals surface area contributed by atoms with Crippen molar-refractivity contribution in [3.05, 3.63) is 17.0 Å². The highest BCUT2D eigenvalue weighted by atomic mass is 32.2. The summed E-state index contributed by atoms with van der Waals surface area (Å²) >= 11 is 1.26. The summed E-state index contributed by atoms with van der Waals surface area (Å²) in [6.45, 7) is 6.22. The number of methoxy groups -OCH3 is 1. The third-order valence-electron chi connectivity index (χ3n) is 3.36. The molecule has 0 radical (unpaired) electrons. The van der Waals surface area contributed by atoms with Crippen molar-refractivity contribution in [2.24, 2.45) is 0 Å². The Labute approximate surface area is 128 Å². The maximum Gasteiger partial charge on any atom is 0.316 e. The monoisotopic (exact) mass is 308 g/mol. The van der Waals surface area contributed by atoms with E-state index < -0.39 is 0 Å². The number of aryl methyl sites for hydroxylation is 2. The van der Waals surface area contributed by atoms with E-state index in [1.807, 2.05) is 13.8 Å². The van der Waals surface area contributed by atoms with E-state index in [9.17, 15) is 4.79 Å². The normalized spacial score (nSPS) is 11.0. The molecule has 0 aliphatic heterocycles. The van der Waals surface area contributed by atoms with Crippen LogP contribution in [0, 0.1) is 13.8 Å². The molecule has 114 valence electrons. The second-order valence-electron chi connectivity index (χ2n) is 4.84. The Morgan fingerprint density at radius 3 is 2.76 bits per heavy atom. The second kappa shape index (κ2) is 6.89. The van der Waals surface area contributed by atoms with Crippen LogP contribution in [0.5, 0.6) is 0 Å². The number of aromatic nitrogens is 4. The molecule has 0 aromatic carbocycles. The number of hydrogen-bond donors (Lipinski definition) is 0. The zero-order chi connectivity index (χ0) is 15.4. The van der Waals surface area contributed by atoms with E-state index in [2.05, 4.69) is 26.7 Å². The molecule has 2 aromatic heterocycles. The number of carbonyl (C=O) groups is 1. The molecule has 7 heteroatoms. The first-order valence-electron chi connectivity index (χ1n) is 6.99. The molecule has 0 unspecified atom stereocenters. The molecule has 0 saturated heterocycles. The number of unbranched alkanes of at least 4 members (excludes halogenated alkanes) is 1. The van der Waals surface area contributed by atoms with Crippen molar-refractivity contribution in [3.63, 3.8) is 0 Å². The summed E-state index contributed by atoms with van der Waals surface area (Å²) in [6, 6.07) is 0. The summed E-state index contributed by atoms with van der Waals surface area (Å²) in [7, 11) is 1.37. The summed E-state index contributed by atoms with van der Waals surface area (Å²) in [5.74, 6) is 0.495. The van der Waals surface area contributed by atoms with Crippen molar-refractivity contribution in [1.82, 2.24) is 19.6 Å². The van der Waals surface area contributed by atoms with Crippen molar-refractivity contribution in [2.45, 2.75) is 45.2 Å². The molecule has 0 amide bonds. The fraction of sp³-hybridized carbons (Fsp3) is 0.571. The number of esters is 1. The van der Waals surface area contributed by atoms with Crippen molar-refractivity contribution >= 4 is 23.5 Å². The van der Waals surface area contributed by atoms with Crippen LogP contribution in [-0.2, 0) is 16.0 Å². The number of nitrogens with zero attached hydrogens (tertiary/aromatic N) is 4. The number of ether oxygens (including phenoxy) is 1. The lowest BCUT2D eigenvalue weighted by Gasteiger charge is -2.09. The minimum atomic E-state index is -0.289. The van der Waals surface area contributed by atoms with Crippen LogP contribution in [0.15, 0.2) is 5.16 Å². The summed E-state index contributed by atoms with van der Waals surface area (Å²) in [5.41, 5.74) is 3.31. The number of rotatable bonds is 6. The van der Waals surface area contributed by atoms with E-state index in [-0.39, 0.29) is 11.7 Å². The first-order valence-corrected chi connectivity index (χ1v) is 7.97. The SMILES string of the molecule is CCCCc1c(C)nc2nc(SCC(=O)OC)nn2c1C. The van der Waals surface area contributed by atoms with Gasteiger partial charge in [-0.25, -0.2) is 9.50 Å². The van der Waals surface area contributed by atoms with E-state index in [0.29, 0.717) is 10.9 Å². The lowest BCUT2D eigenvalue weighted by Crippen LogP contribution is -2.06. The molecule has 0 bridgehead atoms. The van der Waals surface area contributed by atoms with Crippen LogP contribution in [0.25, 0.3) is 5.78 Å². The fourth-order valence-electron chi connectivity index (χ4n) is 2.15. The van der Waals surface area contributed by atoms with Crippen LogP contribution >= 0.6 is 11.8 Å². The van der Waals surface area contributed by atoms with Crippen molar-refractivity contribution in [2.75, 3.05) is 12.9 Å². The van der Waals surface area contributed by atoms with Gasteiger partial charge < -0.3 is 4.74 Å². The highest BCUT2D eigenvalue weighted by Crippen LogP contribution is 2.19. The Morgan fingerprint density at radius 1 is 1.33 bits per heavy atom. The van der Waals surface area contributed by atoms with Crippen LogP contribution in [0.3, 0.4) is 0 Å². The minimum absolute atomic E-state index is 0.202. The highest BCUT2D eigenvalue weighted by Gasteiger charge is 2.14. The zero-order valence-electron chi connectivity index (χ0n) is 12.8. The van der Waals surface area contributed by atoms with Crippen LogP contribution in [-0.4, -0.2) is 38.4 Å². The van der Waals surface area contributed by atoms with Gasteiger partial charge in [-0.1, -0.05) is 25.1 Å². The minimum Gasteiger partial charge on any atom is -0.468 e. The molecule has 0 saturated carbocycles. The number of hydrogen-bond acceptors (Lipinski definition) is 6. The molecule has 0 atom stereocenters. The molecule has 0 aliphatic carbocycles. The number of thioether (sulfide) groups is 1. The van der Waals surface area contributed by atoms with E-state index >= 15 is 0 Å². The van der Waals surface area contributed by atoms with Gasteiger partial charge in [0.25, 0.3) is 5.78 Å². The largest absolute Gasteiger partial charge is 0.468 e. The van der Waals surface area contributed by atoms with Gasteiger partial charge in [0.05, 0.1) is 12.9 Å². The molecular formula is C14H20N4O2S. The number of fused-ring (bicyclic) bond motifs is 1. The summed E-state index contributed by atoms with van der Waals surface area (Å²) in [4.78, 5) is 20.0. The van der Waals surface area contributed by atoms with E-state index in [1.54, 1.807) is 4.52 Å². The van der Waals surface area contributed by atoms with Gasteiger partial charge in [0.15, 0.2) is 0 Å². The Hall–Kier alpha value is -1.63. The van der Waals surface area contributed by atoms with Gasteiger partial charge in [-0.2, -0.15) is 4.98 Å². The molecule has 0 aliphatic rings. The average Bonchev–Trinajstić information content (AvgIpc) is 2.87. The molecule has 0 fully saturated rings. The van der Waals surface area contributed by atoms with Gasteiger partial charge in [0.1, 0.15) is 0 Å². The molecule has 2 rings (SSSR count). The van der Waals surface area contributed by atoms with Crippen LogP contribution in [0.4, 0.5) is 0 Å². The Morgan fingerprint density at radius 2 is 2.10 bits per heavy atom. The van der Waals surface area contributed by atoms with Gasteiger partial charge in [0.2, 0.25) is 5.16 Å². The molecule has 2 heterocycles. The van der Waals surface area contributed by atoms with Crippen molar-refractivity contribution < 1.29 is 9.53 Å². The molecular weight excluding hydrogens is 288 g/mol. The van der Waals surface area contributed by atoms with Crippen LogP contribution in [0.1, 0.15) is 36.7 Å². The van der Waals surface area contributed by atoms with E-state index in [0.717, 1.165) is 30.7 Å². The van der Waals surface area contributed by atoms with Gasteiger partial charge in [-0.05, 0) is 32.3 Å². The van der Waals surface area contributed by atoms with Crippen LogP contribution in [0.2, 0.25) is 0 Å². The summed E-state index contributed by atoms with van der Waals surface area (Å²) in [5, 5.41) is 4.97. The van der Waals surface area contributed by atoms with Gasteiger partial charge in [-0.15, -0.1) is 5.10 Å². The predicted octanol–water partition coefficient (Wildman–Crippen LogP) is 2.35. The quantitative estimate of drug-likeness (QED) is 0.602. The highest BCUT2D eigenvalue weighted by molar-refractivity contribution is 7.99. The Kier molecular flexibility index (Phi) is 5.17. The smallest absolute Gasteiger partial charge is 0.316 e. The second-order valence-corrected chi connectivity index (χ2v) is 5.78. The first-order chi connectivity index (χ1) is 10.1. The molecule has 21 heavy (non-hydrogen) atoms. The lowest BCUT2D eigenvalue weighted by atomic mass is 10.1. The number of carbonyl (C=O) groups excluding carboxylic acids is 1. The molecule has 0 spiro atoms. The van der Waals surface area contributed by atoms with Crippen molar-refractivity contribution in [1.29, 1.82) is 0 Å². The maximum atomic E-state index is 11.2. The van der Waals surface area contributed by atoms with Gasteiger partial charge in [0, 0.05) is 11.4 Å². The van der Waals surface area contributed by atoms with Crippen molar-refractivity contribution in [3.8, 4) is 0 Å². The zero-order valence-corrected chi connectivity index (χ0v) is 13.7. The summed E-state index contributed by atoms with van der Waals surface area (Å²) < 4.78 is 6.38. The van der Waals surface area contributed by atoms with E-state index in [4.69, 9.17) is 0 Å². The molecule has 2 aromatic rings. The summed E-state index contributed by atoms with van der Waals surface area (Å²) in [6.07, 6.45) is 3.28. The van der Waals surface area contributed by atoms with Gasteiger partial charge >= 0.3 is 5.97 Å². The molecule has 6 nitrogen and oxygen atoms in total. The third-order valence-corrected chi connectivity index (χ3v) is 4.17. The maximum absolute atomic E-state index is 11.2. The Bertz CT molecular complexity index is 654. The van der Waals surface area contributed by atoms with Crippen LogP contribution < -0.4 is 0 Å². The lowest BCUT2D eigenvalue weighted by molar-refractivity contribution is -0.137. The Balaban J connectivity index is 2.30. The fourth-order valence-corrected chi connectivity index (χ4v) is 2.80. The molecule has 0 N–H and O–H groups in total. The first kappa shape index (κ1) is 15.8. The average molecular weight is 308 g/mol.